The fourth-order valence-corrected chi connectivity index (χ4v) is 4.57. The molecule has 2 aliphatic rings. The number of benzene rings is 2. The lowest BCUT2D eigenvalue weighted by atomic mass is 9.95. The number of H-pyrrole nitrogens is 1. The molecule has 0 saturated carbocycles. The van der Waals surface area contributed by atoms with Crippen LogP contribution in [0.4, 0.5) is 11.4 Å². The Morgan fingerprint density at radius 2 is 1.72 bits per heavy atom. The predicted octanol–water partition coefficient (Wildman–Crippen LogP) is 4.05. The smallest absolute Gasteiger partial charge is 0.255 e. The summed E-state index contributed by atoms with van der Waals surface area (Å²) in [6.07, 6.45) is 4.70. The molecule has 1 aliphatic heterocycles. The highest BCUT2D eigenvalue weighted by atomic mass is 16.1. The zero-order valence-corrected chi connectivity index (χ0v) is 17.0. The van der Waals surface area contributed by atoms with Crippen LogP contribution in [-0.2, 0) is 12.8 Å². The molecule has 1 aromatic heterocycles. The fourth-order valence-electron chi connectivity index (χ4n) is 4.57. The Morgan fingerprint density at radius 1 is 0.966 bits per heavy atom. The number of aromatic nitrogens is 1. The van der Waals surface area contributed by atoms with E-state index in [1.807, 2.05) is 30.3 Å². The molecule has 1 saturated heterocycles. The summed E-state index contributed by atoms with van der Waals surface area (Å²) in [5, 5.41) is 4.26. The van der Waals surface area contributed by atoms with Crippen molar-refractivity contribution >= 4 is 28.2 Å². The van der Waals surface area contributed by atoms with Crippen molar-refractivity contribution in [2.75, 3.05) is 43.4 Å². The molecule has 1 amide bonds. The maximum atomic E-state index is 12.8. The fraction of sp³-hybridized carbons (Fsp3) is 0.375. The van der Waals surface area contributed by atoms with Crippen molar-refractivity contribution in [1.82, 2.24) is 9.88 Å². The van der Waals surface area contributed by atoms with Crippen molar-refractivity contribution in [1.29, 1.82) is 0 Å². The molecule has 150 valence electrons. The van der Waals surface area contributed by atoms with Crippen LogP contribution in [0.25, 0.3) is 10.9 Å². The standard InChI is InChI=1S/C24H28N4O/c1-27-12-14-28(15-13-27)19-9-7-18(8-10-19)25-24(29)17-6-11-23-21(16-17)20-4-2-3-5-22(20)26-23/h6-11,16,26H,2-5,12-15H2,1H3,(H,25,29). The third kappa shape index (κ3) is 3.62. The Balaban J connectivity index is 1.31. The Hall–Kier alpha value is -2.79. The monoisotopic (exact) mass is 388 g/mol. The molecule has 0 bridgehead atoms. The van der Waals surface area contributed by atoms with E-state index in [9.17, 15) is 4.79 Å². The Labute approximate surface area is 171 Å². The number of aryl methyl sites for hydroxylation is 2. The molecule has 1 fully saturated rings. The van der Waals surface area contributed by atoms with E-state index in [4.69, 9.17) is 0 Å². The predicted molar refractivity (Wildman–Crippen MR) is 119 cm³/mol. The van der Waals surface area contributed by atoms with Crippen LogP contribution in [0, 0.1) is 0 Å². The minimum absolute atomic E-state index is 0.0509. The number of anilines is 2. The summed E-state index contributed by atoms with van der Waals surface area (Å²) in [6, 6.07) is 14.2. The number of aromatic amines is 1. The molecule has 2 aromatic carbocycles. The number of carbonyl (C=O) groups is 1. The summed E-state index contributed by atoms with van der Waals surface area (Å²) < 4.78 is 0. The van der Waals surface area contributed by atoms with Gasteiger partial charge in [0.05, 0.1) is 0 Å². The maximum Gasteiger partial charge on any atom is 0.255 e. The van der Waals surface area contributed by atoms with Gasteiger partial charge in [0.15, 0.2) is 0 Å². The molecular formula is C24H28N4O. The van der Waals surface area contributed by atoms with E-state index < -0.39 is 0 Å². The number of amides is 1. The number of hydrogen-bond acceptors (Lipinski definition) is 3. The lowest BCUT2D eigenvalue weighted by Crippen LogP contribution is -2.44. The molecule has 5 rings (SSSR count). The Bertz CT molecular complexity index is 1030. The molecule has 0 atom stereocenters. The van der Waals surface area contributed by atoms with E-state index in [1.54, 1.807) is 0 Å². The normalized spacial score (nSPS) is 17.3. The number of carbonyl (C=O) groups excluding carboxylic acids is 1. The van der Waals surface area contributed by atoms with E-state index in [0.717, 1.165) is 50.2 Å². The quantitative estimate of drug-likeness (QED) is 0.712. The molecule has 0 spiro atoms. The average Bonchev–Trinajstić information content (AvgIpc) is 3.13. The summed E-state index contributed by atoms with van der Waals surface area (Å²) in [5.74, 6) is -0.0509. The number of hydrogen-bond donors (Lipinski definition) is 2. The largest absolute Gasteiger partial charge is 0.369 e. The van der Waals surface area contributed by atoms with Crippen LogP contribution in [0.5, 0.6) is 0 Å². The van der Waals surface area contributed by atoms with Crippen molar-refractivity contribution in [3.63, 3.8) is 0 Å². The molecular weight excluding hydrogens is 360 g/mol. The highest BCUT2D eigenvalue weighted by Crippen LogP contribution is 2.30. The van der Waals surface area contributed by atoms with Gasteiger partial charge in [0.2, 0.25) is 0 Å². The number of nitrogens with one attached hydrogen (secondary N) is 2. The van der Waals surface area contributed by atoms with Gasteiger partial charge >= 0.3 is 0 Å². The van der Waals surface area contributed by atoms with Gasteiger partial charge in [0, 0.05) is 59.7 Å². The van der Waals surface area contributed by atoms with Gasteiger partial charge in [-0.2, -0.15) is 0 Å². The van der Waals surface area contributed by atoms with Gasteiger partial charge < -0.3 is 20.1 Å². The second-order valence-electron chi connectivity index (χ2n) is 8.34. The first-order valence-corrected chi connectivity index (χ1v) is 10.7. The summed E-state index contributed by atoms with van der Waals surface area (Å²) in [5.41, 5.74) is 6.67. The van der Waals surface area contributed by atoms with Crippen LogP contribution in [0.2, 0.25) is 0 Å². The number of fused-ring (bicyclic) bond motifs is 3. The number of nitrogens with zero attached hydrogens (tertiary/aromatic N) is 2. The molecule has 1 aliphatic carbocycles. The van der Waals surface area contributed by atoms with Crippen molar-refractivity contribution in [3.05, 3.63) is 59.3 Å². The Morgan fingerprint density at radius 3 is 2.52 bits per heavy atom. The minimum Gasteiger partial charge on any atom is -0.369 e. The van der Waals surface area contributed by atoms with Crippen LogP contribution in [0.15, 0.2) is 42.5 Å². The molecule has 0 radical (unpaired) electrons. The van der Waals surface area contributed by atoms with Crippen molar-refractivity contribution < 1.29 is 4.79 Å². The van der Waals surface area contributed by atoms with E-state index in [2.05, 4.69) is 39.3 Å². The van der Waals surface area contributed by atoms with Crippen molar-refractivity contribution in [3.8, 4) is 0 Å². The van der Waals surface area contributed by atoms with E-state index in [1.165, 1.54) is 35.2 Å². The van der Waals surface area contributed by atoms with Gasteiger partial charge in [0.25, 0.3) is 5.91 Å². The zero-order chi connectivity index (χ0) is 19.8. The summed E-state index contributed by atoms with van der Waals surface area (Å²) in [7, 11) is 2.16. The van der Waals surface area contributed by atoms with E-state index >= 15 is 0 Å². The lowest BCUT2D eigenvalue weighted by molar-refractivity contribution is 0.102. The van der Waals surface area contributed by atoms with Gasteiger partial charge in [-0.05, 0) is 80.8 Å². The SMILES string of the molecule is CN1CCN(c2ccc(NC(=O)c3ccc4[nH]c5c(c4c3)CCCC5)cc2)CC1. The topological polar surface area (TPSA) is 51.4 Å². The summed E-state index contributed by atoms with van der Waals surface area (Å²) in [6.45, 7) is 4.26. The molecule has 3 aromatic rings. The number of piperazine rings is 1. The molecule has 2 heterocycles. The summed E-state index contributed by atoms with van der Waals surface area (Å²) >= 11 is 0. The van der Waals surface area contributed by atoms with Crippen LogP contribution in [-0.4, -0.2) is 49.0 Å². The number of rotatable bonds is 3. The van der Waals surface area contributed by atoms with Gasteiger partial charge in [-0.15, -0.1) is 0 Å². The lowest BCUT2D eigenvalue weighted by Gasteiger charge is -2.34. The summed E-state index contributed by atoms with van der Waals surface area (Å²) in [4.78, 5) is 21.1. The van der Waals surface area contributed by atoms with Crippen LogP contribution < -0.4 is 10.2 Å². The first-order valence-electron chi connectivity index (χ1n) is 10.7. The van der Waals surface area contributed by atoms with Crippen LogP contribution in [0.3, 0.4) is 0 Å². The first kappa shape index (κ1) is 18.3. The van der Waals surface area contributed by atoms with Crippen LogP contribution >= 0.6 is 0 Å². The van der Waals surface area contributed by atoms with Gasteiger partial charge in [0.1, 0.15) is 0 Å². The maximum absolute atomic E-state index is 12.8. The molecule has 29 heavy (non-hydrogen) atoms. The second-order valence-corrected chi connectivity index (χ2v) is 8.34. The minimum atomic E-state index is -0.0509. The third-order valence-corrected chi connectivity index (χ3v) is 6.35. The molecule has 5 heteroatoms. The van der Waals surface area contributed by atoms with Gasteiger partial charge in [-0.25, -0.2) is 0 Å². The third-order valence-electron chi connectivity index (χ3n) is 6.35. The van der Waals surface area contributed by atoms with Crippen molar-refractivity contribution in [2.24, 2.45) is 0 Å². The van der Waals surface area contributed by atoms with Crippen molar-refractivity contribution in [2.45, 2.75) is 25.7 Å². The van der Waals surface area contributed by atoms with Crippen LogP contribution in [0.1, 0.15) is 34.5 Å². The van der Waals surface area contributed by atoms with E-state index in [-0.39, 0.29) is 5.91 Å². The average molecular weight is 389 g/mol. The molecule has 0 unspecified atom stereocenters. The first-order chi connectivity index (χ1) is 14.2. The number of likely N-dealkylation sites (N-methyl/N-ethyl adjacent to an activating group) is 1. The van der Waals surface area contributed by atoms with Gasteiger partial charge in [-0.1, -0.05) is 0 Å². The molecule has 5 nitrogen and oxygen atoms in total. The van der Waals surface area contributed by atoms with Gasteiger partial charge in [-0.3, -0.25) is 4.79 Å². The second kappa shape index (κ2) is 7.56. The highest BCUT2D eigenvalue weighted by molar-refractivity contribution is 6.06. The Kier molecular flexibility index (Phi) is 4.76. The zero-order valence-electron chi connectivity index (χ0n) is 17.0. The van der Waals surface area contributed by atoms with E-state index in [0.29, 0.717) is 5.56 Å². The highest BCUT2D eigenvalue weighted by Gasteiger charge is 2.17. The molecule has 2 N–H and O–H groups in total.